The van der Waals surface area contributed by atoms with Gasteiger partial charge in [0.2, 0.25) is 5.91 Å². The van der Waals surface area contributed by atoms with Crippen LogP contribution in [0.1, 0.15) is 85.0 Å². The Morgan fingerprint density at radius 1 is 0.842 bits per heavy atom. The number of unbranched alkanes of at least 4 members (excludes halogenated alkanes) is 5. The van der Waals surface area contributed by atoms with E-state index in [1.165, 1.54) is 38.5 Å². The van der Waals surface area contributed by atoms with Gasteiger partial charge in [0.25, 0.3) is 0 Å². The molecule has 0 saturated carbocycles. The Balaban J connectivity index is 4.04. The molecule has 0 rings (SSSR count). The Morgan fingerprint density at radius 2 is 1.47 bits per heavy atom. The quantitative estimate of drug-likeness (QED) is 0.455. The topological polar surface area (TPSA) is 20.3 Å². The summed E-state index contributed by atoms with van der Waals surface area (Å²) in [7, 11) is 1.98. The maximum atomic E-state index is 12.4. The molecule has 19 heavy (non-hydrogen) atoms. The molecule has 0 aromatic carbocycles. The SMILES string of the molecule is CCCCCCN(C)C(=O)C(CCC)CCCCC. The van der Waals surface area contributed by atoms with E-state index in [1.807, 2.05) is 11.9 Å². The fourth-order valence-electron chi connectivity index (χ4n) is 2.58. The molecule has 0 N–H and O–H groups in total. The van der Waals surface area contributed by atoms with Crippen molar-refractivity contribution >= 4 is 5.91 Å². The van der Waals surface area contributed by atoms with Gasteiger partial charge in [-0.2, -0.15) is 0 Å². The van der Waals surface area contributed by atoms with Crippen molar-refractivity contribution in [2.24, 2.45) is 5.92 Å². The second kappa shape index (κ2) is 12.5. The lowest BCUT2D eigenvalue weighted by Crippen LogP contribution is -2.33. The first kappa shape index (κ1) is 18.5. The summed E-state index contributed by atoms with van der Waals surface area (Å²) in [6.07, 6.45) is 11.9. The zero-order chi connectivity index (χ0) is 14.5. The van der Waals surface area contributed by atoms with Crippen LogP contribution in [0.15, 0.2) is 0 Å². The zero-order valence-corrected chi connectivity index (χ0v) is 13.7. The highest BCUT2D eigenvalue weighted by molar-refractivity contribution is 5.78. The van der Waals surface area contributed by atoms with Crippen LogP contribution < -0.4 is 0 Å². The minimum absolute atomic E-state index is 0.271. The average Bonchev–Trinajstić information content (AvgIpc) is 2.42. The van der Waals surface area contributed by atoms with Crippen LogP contribution in [0, 0.1) is 5.92 Å². The van der Waals surface area contributed by atoms with Gasteiger partial charge in [0.05, 0.1) is 0 Å². The Morgan fingerprint density at radius 3 is 2.05 bits per heavy atom. The van der Waals surface area contributed by atoms with Gasteiger partial charge in [-0.3, -0.25) is 4.79 Å². The van der Waals surface area contributed by atoms with E-state index in [1.54, 1.807) is 0 Å². The van der Waals surface area contributed by atoms with Crippen LogP contribution in [0.3, 0.4) is 0 Å². The van der Waals surface area contributed by atoms with E-state index in [4.69, 9.17) is 0 Å². The number of carbonyl (C=O) groups is 1. The number of hydrogen-bond donors (Lipinski definition) is 0. The van der Waals surface area contributed by atoms with Crippen LogP contribution in [0.25, 0.3) is 0 Å². The van der Waals surface area contributed by atoms with E-state index in [2.05, 4.69) is 20.8 Å². The van der Waals surface area contributed by atoms with Crippen molar-refractivity contribution < 1.29 is 4.79 Å². The molecule has 0 aliphatic rings. The third kappa shape index (κ3) is 9.07. The minimum Gasteiger partial charge on any atom is -0.346 e. The van der Waals surface area contributed by atoms with E-state index in [-0.39, 0.29) is 5.92 Å². The predicted octanol–water partition coefficient (Wildman–Crippen LogP) is 5.02. The predicted molar refractivity (Wildman–Crippen MR) is 84.3 cm³/mol. The first-order valence-electron chi connectivity index (χ1n) is 8.42. The van der Waals surface area contributed by atoms with Gasteiger partial charge in [0, 0.05) is 19.5 Å². The van der Waals surface area contributed by atoms with Crippen molar-refractivity contribution in [3.8, 4) is 0 Å². The van der Waals surface area contributed by atoms with Crippen molar-refractivity contribution in [3.63, 3.8) is 0 Å². The molecule has 2 nitrogen and oxygen atoms in total. The minimum atomic E-state index is 0.271. The molecule has 0 aromatic heterocycles. The highest BCUT2D eigenvalue weighted by atomic mass is 16.2. The summed E-state index contributed by atoms with van der Waals surface area (Å²) in [6, 6.07) is 0. The first-order valence-corrected chi connectivity index (χ1v) is 8.42. The lowest BCUT2D eigenvalue weighted by atomic mass is 9.95. The van der Waals surface area contributed by atoms with E-state index >= 15 is 0 Å². The summed E-state index contributed by atoms with van der Waals surface area (Å²) in [5.74, 6) is 0.655. The third-order valence-electron chi connectivity index (χ3n) is 3.87. The summed E-state index contributed by atoms with van der Waals surface area (Å²) in [5, 5.41) is 0. The van der Waals surface area contributed by atoms with E-state index in [0.717, 1.165) is 32.2 Å². The zero-order valence-electron chi connectivity index (χ0n) is 13.7. The summed E-state index contributed by atoms with van der Waals surface area (Å²) < 4.78 is 0. The van der Waals surface area contributed by atoms with Crippen molar-refractivity contribution in [2.45, 2.75) is 85.0 Å². The Hall–Kier alpha value is -0.530. The van der Waals surface area contributed by atoms with Crippen molar-refractivity contribution in [1.29, 1.82) is 0 Å². The van der Waals surface area contributed by atoms with E-state index < -0.39 is 0 Å². The number of rotatable bonds is 12. The molecule has 0 bridgehead atoms. The maximum absolute atomic E-state index is 12.4. The van der Waals surface area contributed by atoms with Gasteiger partial charge in [-0.25, -0.2) is 0 Å². The van der Waals surface area contributed by atoms with Gasteiger partial charge in [-0.05, 0) is 19.3 Å². The highest BCUT2D eigenvalue weighted by Crippen LogP contribution is 2.18. The van der Waals surface area contributed by atoms with Gasteiger partial charge < -0.3 is 4.90 Å². The fourth-order valence-corrected chi connectivity index (χ4v) is 2.58. The number of amides is 1. The smallest absolute Gasteiger partial charge is 0.225 e. The molecule has 0 fully saturated rings. The second-order valence-corrected chi connectivity index (χ2v) is 5.80. The van der Waals surface area contributed by atoms with Crippen LogP contribution in [0.4, 0.5) is 0 Å². The van der Waals surface area contributed by atoms with Gasteiger partial charge in [0.15, 0.2) is 0 Å². The standard InChI is InChI=1S/C17H35NO/c1-5-8-10-12-15-18(4)17(19)16(13-7-3)14-11-9-6-2/h16H,5-15H2,1-4H3. The molecule has 0 saturated heterocycles. The fraction of sp³-hybridized carbons (Fsp3) is 0.941. The molecule has 2 heteroatoms. The molecule has 0 aliphatic carbocycles. The van der Waals surface area contributed by atoms with Crippen LogP contribution >= 0.6 is 0 Å². The second-order valence-electron chi connectivity index (χ2n) is 5.80. The molecule has 1 unspecified atom stereocenters. The molecule has 1 amide bonds. The van der Waals surface area contributed by atoms with Crippen LogP contribution in [0.2, 0.25) is 0 Å². The van der Waals surface area contributed by atoms with Crippen LogP contribution in [-0.2, 0) is 4.79 Å². The number of nitrogens with zero attached hydrogens (tertiary/aromatic N) is 1. The van der Waals surface area contributed by atoms with Gasteiger partial charge in [-0.15, -0.1) is 0 Å². The Kier molecular flexibility index (Phi) is 12.2. The van der Waals surface area contributed by atoms with Crippen LogP contribution in [-0.4, -0.2) is 24.4 Å². The molecule has 0 spiro atoms. The summed E-state index contributed by atoms with van der Waals surface area (Å²) in [6.45, 7) is 7.56. The normalized spacial score (nSPS) is 12.4. The molecule has 0 aromatic rings. The van der Waals surface area contributed by atoms with Gasteiger partial charge in [-0.1, -0.05) is 65.7 Å². The lowest BCUT2D eigenvalue weighted by molar-refractivity contribution is -0.134. The third-order valence-corrected chi connectivity index (χ3v) is 3.87. The van der Waals surface area contributed by atoms with E-state index in [9.17, 15) is 4.79 Å². The summed E-state index contributed by atoms with van der Waals surface area (Å²) >= 11 is 0. The van der Waals surface area contributed by atoms with Crippen molar-refractivity contribution in [2.75, 3.05) is 13.6 Å². The monoisotopic (exact) mass is 269 g/mol. The van der Waals surface area contributed by atoms with Crippen molar-refractivity contribution in [3.05, 3.63) is 0 Å². The Bertz CT molecular complexity index is 215. The van der Waals surface area contributed by atoms with Gasteiger partial charge in [0.1, 0.15) is 0 Å². The molecular weight excluding hydrogens is 234 g/mol. The molecule has 1 atom stereocenters. The summed E-state index contributed by atoms with van der Waals surface area (Å²) in [4.78, 5) is 14.4. The Labute approximate surface area is 120 Å². The maximum Gasteiger partial charge on any atom is 0.225 e. The highest BCUT2D eigenvalue weighted by Gasteiger charge is 2.20. The lowest BCUT2D eigenvalue weighted by Gasteiger charge is -2.23. The largest absolute Gasteiger partial charge is 0.346 e. The van der Waals surface area contributed by atoms with Crippen LogP contribution in [0.5, 0.6) is 0 Å². The van der Waals surface area contributed by atoms with Crippen molar-refractivity contribution in [1.82, 2.24) is 4.90 Å². The molecule has 114 valence electrons. The first-order chi connectivity index (χ1) is 9.17. The number of carbonyl (C=O) groups excluding carboxylic acids is 1. The number of hydrogen-bond acceptors (Lipinski definition) is 1. The molecule has 0 radical (unpaired) electrons. The molecule has 0 aliphatic heterocycles. The molecular formula is C17H35NO. The average molecular weight is 269 g/mol. The summed E-state index contributed by atoms with van der Waals surface area (Å²) in [5.41, 5.74) is 0. The van der Waals surface area contributed by atoms with Gasteiger partial charge >= 0.3 is 0 Å². The molecule has 0 heterocycles. The van der Waals surface area contributed by atoms with E-state index in [0.29, 0.717) is 5.91 Å².